The Morgan fingerprint density at radius 1 is 1.42 bits per heavy atom. The second kappa shape index (κ2) is 6.30. The van der Waals surface area contributed by atoms with E-state index in [1.54, 1.807) is 11.3 Å². The number of carbonyl (C=O) groups excluding carboxylic acids is 1. The molecule has 0 aromatic carbocycles. The standard InChI is InChI=1S/C14H18N2OS2/c1-4-16(8-10(2)3)14(17)11-9-19-13(15-11)12-6-5-7-18-12/h5-7,9-10H,4,8H2,1-3H3. The molecule has 0 saturated carbocycles. The van der Waals surface area contributed by atoms with Crippen LogP contribution in [0.4, 0.5) is 0 Å². The van der Waals surface area contributed by atoms with Gasteiger partial charge in [-0.3, -0.25) is 4.79 Å². The fourth-order valence-electron chi connectivity index (χ4n) is 1.84. The van der Waals surface area contributed by atoms with E-state index in [4.69, 9.17) is 0 Å². The van der Waals surface area contributed by atoms with Crippen LogP contribution in [0.2, 0.25) is 0 Å². The van der Waals surface area contributed by atoms with Gasteiger partial charge in [0, 0.05) is 18.5 Å². The van der Waals surface area contributed by atoms with E-state index in [1.165, 1.54) is 11.3 Å². The second-order valence-corrected chi connectivity index (χ2v) is 6.56. The number of aromatic nitrogens is 1. The Morgan fingerprint density at radius 2 is 2.21 bits per heavy atom. The van der Waals surface area contributed by atoms with Crippen molar-refractivity contribution in [3.63, 3.8) is 0 Å². The van der Waals surface area contributed by atoms with Crippen molar-refractivity contribution >= 4 is 28.6 Å². The first kappa shape index (κ1) is 14.2. The van der Waals surface area contributed by atoms with Crippen molar-refractivity contribution in [2.24, 2.45) is 5.92 Å². The summed E-state index contributed by atoms with van der Waals surface area (Å²) in [7, 11) is 0. The third kappa shape index (κ3) is 3.42. The minimum absolute atomic E-state index is 0.0373. The van der Waals surface area contributed by atoms with Gasteiger partial charge < -0.3 is 4.90 Å². The summed E-state index contributed by atoms with van der Waals surface area (Å²) in [5, 5.41) is 4.81. The summed E-state index contributed by atoms with van der Waals surface area (Å²) < 4.78 is 0. The molecule has 5 heteroatoms. The summed E-state index contributed by atoms with van der Waals surface area (Å²) >= 11 is 3.18. The average Bonchev–Trinajstić information content (AvgIpc) is 3.04. The van der Waals surface area contributed by atoms with E-state index in [2.05, 4.69) is 18.8 Å². The highest BCUT2D eigenvalue weighted by molar-refractivity contribution is 7.20. The molecule has 0 fully saturated rings. The number of nitrogens with zero attached hydrogens (tertiary/aromatic N) is 2. The molecule has 19 heavy (non-hydrogen) atoms. The molecular formula is C14H18N2OS2. The predicted molar refractivity (Wildman–Crippen MR) is 81.8 cm³/mol. The van der Waals surface area contributed by atoms with Gasteiger partial charge in [0.05, 0.1) is 4.88 Å². The third-order valence-electron chi connectivity index (χ3n) is 2.71. The van der Waals surface area contributed by atoms with Crippen LogP contribution in [-0.2, 0) is 0 Å². The zero-order chi connectivity index (χ0) is 13.8. The van der Waals surface area contributed by atoms with Gasteiger partial charge in [-0.1, -0.05) is 19.9 Å². The third-order valence-corrected chi connectivity index (χ3v) is 4.59. The van der Waals surface area contributed by atoms with Crippen LogP contribution in [0.5, 0.6) is 0 Å². The molecule has 0 spiro atoms. The Balaban J connectivity index is 2.15. The number of rotatable bonds is 5. The lowest BCUT2D eigenvalue weighted by Gasteiger charge is -2.21. The lowest BCUT2D eigenvalue weighted by atomic mass is 10.2. The second-order valence-electron chi connectivity index (χ2n) is 4.75. The first-order valence-corrected chi connectivity index (χ1v) is 8.16. The Kier molecular flexibility index (Phi) is 4.71. The van der Waals surface area contributed by atoms with E-state index < -0.39 is 0 Å². The van der Waals surface area contributed by atoms with Gasteiger partial charge in [-0.15, -0.1) is 22.7 Å². The molecule has 0 N–H and O–H groups in total. The maximum atomic E-state index is 12.4. The van der Waals surface area contributed by atoms with Crippen LogP contribution in [0.3, 0.4) is 0 Å². The van der Waals surface area contributed by atoms with Crippen LogP contribution in [0.15, 0.2) is 22.9 Å². The highest BCUT2D eigenvalue weighted by Crippen LogP contribution is 2.28. The van der Waals surface area contributed by atoms with Crippen LogP contribution in [-0.4, -0.2) is 28.9 Å². The Labute approximate surface area is 121 Å². The summed E-state index contributed by atoms with van der Waals surface area (Å²) in [4.78, 5) is 19.8. The molecule has 0 radical (unpaired) electrons. The molecule has 0 aliphatic rings. The van der Waals surface area contributed by atoms with Gasteiger partial charge in [-0.2, -0.15) is 0 Å². The Bertz CT molecular complexity index is 531. The number of hydrogen-bond acceptors (Lipinski definition) is 4. The van der Waals surface area contributed by atoms with E-state index in [1.807, 2.05) is 34.7 Å². The number of amides is 1. The number of carbonyl (C=O) groups is 1. The van der Waals surface area contributed by atoms with Crippen molar-refractivity contribution in [2.75, 3.05) is 13.1 Å². The normalized spacial score (nSPS) is 10.9. The van der Waals surface area contributed by atoms with Crippen LogP contribution in [0.1, 0.15) is 31.3 Å². The maximum absolute atomic E-state index is 12.4. The van der Waals surface area contributed by atoms with Gasteiger partial charge in [0.1, 0.15) is 10.7 Å². The predicted octanol–water partition coefficient (Wildman–Crippen LogP) is 3.99. The molecule has 0 saturated heterocycles. The molecule has 0 atom stereocenters. The first-order valence-electron chi connectivity index (χ1n) is 6.40. The topological polar surface area (TPSA) is 33.2 Å². The zero-order valence-electron chi connectivity index (χ0n) is 11.4. The number of hydrogen-bond donors (Lipinski definition) is 0. The molecule has 2 aromatic rings. The van der Waals surface area contributed by atoms with Crippen molar-refractivity contribution in [3.8, 4) is 9.88 Å². The molecular weight excluding hydrogens is 276 g/mol. The maximum Gasteiger partial charge on any atom is 0.273 e. The molecule has 0 bridgehead atoms. The number of thiophene rings is 1. The highest BCUT2D eigenvalue weighted by Gasteiger charge is 2.18. The van der Waals surface area contributed by atoms with E-state index in [9.17, 15) is 4.79 Å². The molecule has 2 rings (SSSR count). The van der Waals surface area contributed by atoms with Crippen LogP contribution >= 0.6 is 22.7 Å². The summed E-state index contributed by atoms with van der Waals surface area (Å²) in [5.41, 5.74) is 0.566. The van der Waals surface area contributed by atoms with Crippen molar-refractivity contribution in [1.29, 1.82) is 0 Å². The van der Waals surface area contributed by atoms with Crippen LogP contribution in [0.25, 0.3) is 9.88 Å². The Hall–Kier alpha value is -1.20. The van der Waals surface area contributed by atoms with Crippen molar-refractivity contribution in [2.45, 2.75) is 20.8 Å². The fourth-order valence-corrected chi connectivity index (χ4v) is 3.45. The fraction of sp³-hybridized carbons (Fsp3) is 0.429. The monoisotopic (exact) mass is 294 g/mol. The molecule has 0 aliphatic carbocycles. The van der Waals surface area contributed by atoms with E-state index in [0.717, 1.165) is 23.0 Å². The summed E-state index contributed by atoms with van der Waals surface area (Å²) in [6.45, 7) is 7.75. The van der Waals surface area contributed by atoms with Crippen molar-refractivity contribution in [1.82, 2.24) is 9.88 Å². The summed E-state index contributed by atoms with van der Waals surface area (Å²) in [6.07, 6.45) is 0. The van der Waals surface area contributed by atoms with Gasteiger partial charge in [0.2, 0.25) is 0 Å². The van der Waals surface area contributed by atoms with Gasteiger partial charge in [0.25, 0.3) is 5.91 Å². The first-order chi connectivity index (χ1) is 9.11. The molecule has 102 valence electrons. The lowest BCUT2D eigenvalue weighted by molar-refractivity contribution is 0.0741. The van der Waals surface area contributed by atoms with Crippen LogP contribution in [0, 0.1) is 5.92 Å². The van der Waals surface area contributed by atoms with Crippen molar-refractivity contribution < 1.29 is 4.79 Å². The lowest BCUT2D eigenvalue weighted by Crippen LogP contribution is -2.34. The molecule has 3 nitrogen and oxygen atoms in total. The van der Waals surface area contributed by atoms with E-state index >= 15 is 0 Å². The molecule has 2 aromatic heterocycles. The van der Waals surface area contributed by atoms with Gasteiger partial charge >= 0.3 is 0 Å². The van der Waals surface area contributed by atoms with Gasteiger partial charge in [-0.05, 0) is 24.3 Å². The molecule has 0 unspecified atom stereocenters. The Morgan fingerprint density at radius 3 is 2.79 bits per heavy atom. The van der Waals surface area contributed by atoms with Gasteiger partial charge in [0.15, 0.2) is 0 Å². The molecule has 0 aliphatic heterocycles. The van der Waals surface area contributed by atoms with Crippen molar-refractivity contribution in [3.05, 3.63) is 28.6 Å². The minimum atomic E-state index is 0.0373. The van der Waals surface area contributed by atoms with Gasteiger partial charge in [-0.25, -0.2) is 4.98 Å². The molecule has 1 amide bonds. The largest absolute Gasteiger partial charge is 0.337 e. The van der Waals surface area contributed by atoms with Crippen LogP contribution < -0.4 is 0 Å². The van der Waals surface area contributed by atoms with E-state index in [-0.39, 0.29) is 5.91 Å². The van der Waals surface area contributed by atoms with E-state index in [0.29, 0.717) is 11.6 Å². The minimum Gasteiger partial charge on any atom is -0.337 e. The number of thiazole rings is 1. The molecule has 2 heterocycles. The SMILES string of the molecule is CCN(CC(C)C)C(=O)c1csc(-c2cccs2)n1. The zero-order valence-corrected chi connectivity index (χ0v) is 13.1. The highest BCUT2D eigenvalue weighted by atomic mass is 32.1. The smallest absolute Gasteiger partial charge is 0.273 e. The average molecular weight is 294 g/mol. The summed E-state index contributed by atoms with van der Waals surface area (Å²) in [5.74, 6) is 0.509. The quantitative estimate of drug-likeness (QED) is 0.835. The summed E-state index contributed by atoms with van der Waals surface area (Å²) in [6, 6.07) is 4.03.